The highest BCUT2D eigenvalue weighted by Crippen LogP contribution is 2.32. The van der Waals surface area contributed by atoms with E-state index in [4.69, 9.17) is 11.6 Å². The molecule has 0 bridgehead atoms. The zero-order chi connectivity index (χ0) is 14.0. The molecule has 0 spiro atoms. The van der Waals surface area contributed by atoms with E-state index in [0.717, 1.165) is 4.90 Å². The van der Waals surface area contributed by atoms with E-state index >= 15 is 0 Å². The number of hydrogen-bond acceptors (Lipinski definition) is 1. The van der Waals surface area contributed by atoms with Gasteiger partial charge in [-0.05, 0) is 12.5 Å². The van der Waals surface area contributed by atoms with E-state index < -0.39 is 13.0 Å². The summed E-state index contributed by atoms with van der Waals surface area (Å²) in [6, 6.07) is 6.94. The largest absolute Gasteiger partial charge is 0.305 e. The fraction of sp³-hybridized carbons (Fsp3) is 0.308. The summed E-state index contributed by atoms with van der Waals surface area (Å²) >= 11 is 8.04. The number of benzene rings is 1. The molecule has 0 aromatic heterocycles. The van der Waals surface area contributed by atoms with Gasteiger partial charge in [0, 0.05) is 16.3 Å². The van der Waals surface area contributed by atoms with Crippen LogP contribution in [0.1, 0.15) is 12.0 Å². The Balaban J connectivity index is 2.41. The van der Waals surface area contributed by atoms with Crippen molar-refractivity contribution in [1.29, 1.82) is 0 Å². The summed E-state index contributed by atoms with van der Waals surface area (Å²) in [6.45, 7) is -0.602. The first-order chi connectivity index (χ1) is 9.00. The van der Waals surface area contributed by atoms with E-state index in [1.165, 1.54) is 0 Å². The molecule has 1 unspecified atom stereocenters. The molecule has 102 valence electrons. The van der Waals surface area contributed by atoms with Gasteiger partial charge in [-0.1, -0.05) is 58.5 Å². The molecular formula is C13H11ClF2INO. The number of rotatable bonds is 3. The Kier molecular flexibility index (Phi) is 4.78. The average Bonchev–Trinajstić information content (AvgIpc) is 2.36. The maximum absolute atomic E-state index is 12.7. The quantitative estimate of drug-likeness (QED) is 0.558. The van der Waals surface area contributed by atoms with Crippen molar-refractivity contribution in [2.45, 2.75) is 16.8 Å². The molecule has 0 radical (unpaired) electrons. The smallest absolute Gasteiger partial charge is 0.256 e. The second-order valence-electron chi connectivity index (χ2n) is 4.11. The standard InChI is InChI=1S/C13H11ClF2INO/c14-9-4-2-1-3-8(9)11-6-5-10(17)13(19)18(11)7-12(15)16/h1-4,6,10,12H,5,7H2. The van der Waals surface area contributed by atoms with E-state index in [0.29, 0.717) is 22.7 Å². The monoisotopic (exact) mass is 397 g/mol. The van der Waals surface area contributed by atoms with Gasteiger partial charge >= 0.3 is 0 Å². The van der Waals surface area contributed by atoms with Crippen LogP contribution < -0.4 is 0 Å². The molecule has 1 aromatic carbocycles. The Hall–Kier alpha value is -0.690. The third kappa shape index (κ3) is 3.25. The van der Waals surface area contributed by atoms with Crippen molar-refractivity contribution in [1.82, 2.24) is 4.90 Å². The van der Waals surface area contributed by atoms with Gasteiger partial charge in [0.05, 0.1) is 10.5 Å². The van der Waals surface area contributed by atoms with Gasteiger partial charge in [-0.2, -0.15) is 0 Å². The van der Waals surface area contributed by atoms with Crippen LogP contribution in [-0.4, -0.2) is 27.7 Å². The molecule has 1 amide bonds. The summed E-state index contributed by atoms with van der Waals surface area (Å²) in [4.78, 5) is 13.2. The first-order valence-corrected chi connectivity index (χ1v) is 7.31. The van der Waals surface area contributed by atoms with Crippen LogP contribution in [-0.2, 0) is 4.79 Å². The summed E-state index contributed by atoms with van der Waals surface area (Å²) in [5.74, 6) is -0.293. The SMILES string of the molecule is O=C1C(I)CC=C(c2ccccc2Cl)N1CC(F)F. The third-order valence-electron chi connectivity index (χ3n) is 2.81. The molecule has 1 atom stereocenters. The van der Waals surface area contributed by atoms with Crippen LogP contribution >= 0.6 is 34.2 Å². The molecular weight excluding hydrogens is 387 g/mol. The predicted octanol–water partition coefficient (Wildman–Crippen LogP) is 3.98. The van der Waals surface area contributed by atoms with E-state index in [1.54, 1.807) is 30.3 Å². The lowest BCUT2D eigenvalue weighted by Gasteiger charge is -2.31. The molecule has 6 heteroatoms. The highest BCUT2D eigenvalue weighted by molar-refractivity contribution is 14.1. The Morgan fingerprint density at radius 1 is 1.42 bits per heavy atom. The molecule has 19 heavy (non-hydrogen) atoms. The highest BCUT2D eigenvalue weighted by Gasteiger charge is 2.31. The Labute approximate surface area is 128 Å². The van der Waals surface area contributed by atoms with Crippen LogP contribution in [0.5, 0.6) is 0 Å². The Bertz CT molecular complexity index is 521. The molecule has 0 saturated carbocycles. The summed E-state index contributed by atoms with van der Waals surface area (Å²) < 4.78 is 25.0. The zero-order valence-electron chi connectivity index (χ0n) is 9.82. The van der Waals surface area contributed by atoms with Crippen molar-refractivity contribution in [2.24, 2.45) is 0 Å². The number of amides is 1. The van der Waals surface area contributed by atoms with Gasteiger partial charge < -0.3 is 4.90 Å². The van der Waals surface area contributed by atoms with Gasteiger partial charge in [0.2, 0.25) is 5.91 Å². The second kappa shape index (κ2) is 6.17. The van der Waals surface area contributed by atoms with E-state index in [1.807, 2.05) is 22.6 Å². The van der Waals surface area contributed by atoms with Crippen molar-refractivity contribution in [3.63, 3.8) is 0 Å². The molecule has 0 fully saturated rings. The molecule has 1 aromatic rings. The average molecular weight is 398 g/mol. The predicted molar refractivity (Wildman–Crippen MR) is 79.6 cm³/mol. The third-order valence-corrected chi connectivity index (χ3v) is 4.18. The molecule has 1 aliphatic rings. The number of carbonyl (C=O) groups is 1. The number of hydrogen-bond donors (Lipinski definition) is 0. The summed E-state index contributed by atoms with van der Waals surface area (Å²) in [5, 5.41) is 0.452. The second-order valence-corrected chi connectivity index (χ2v) is 6.02. The van der Waals surface area contributed by atoms with Crippen LogP contribution in [0.15, 0.2) is 30.3 Å². The van der Waals surface area contributed by atoms with Crippen LogP contribution in [0.2, 0.25) is 5.02 Å². The topological polar surface area (TPSA) is 20.3 Å². The number of allylic oxidation sites excluding steroid dienone is 1. The van der Waals surface area contributed by atoms with E-state index in [2.05, 4.69) is 0 Å². The minimum atomic E-state index is -2.57. The normalized spacial score (nSPS) is 19.8. The fourth-order valence-corrected chi connectivity index (χ4v) is 2.79. The lowest BCUT2D eigenvalue weighted by molar-refractivity contribution is -0.128. The van der Waals surface area contributed by atoms with Crippen LogP contribution in [0.3, 0.4) is 0 Å². The van der Waals surface area contributed by atoms with Crippen LogP contribution in [0.4, 0.5) is 8.78 Å². The Morgan fingerprint density at radius 3 is 2.74 bits per heavy atom. The first-order valence-electron chi connectivity index (χ1n) is 5.69. The summed E-state index contributed by atoms with van der Waals surface area (Å²) in [6.07, 6.45) is -0.251. The number of alkyl halides is 3. The lowest BCUT2D eigenvalue weighted by Crippen LogP contribution is -2.40. The highest BCUT2D eigenvalue weighted by atomic mass is 127. The molecule has 0 N–H and O–H groups in total. The summed E-state index contributed by atoms with van der Waals surface area (Å²) in [7, 11) is 0. The molecule has 0 saturated heterocycles. The van der Waals surface area contributed by atoms with E-state index in [9.17, 15) is 13.6 Å². The van der Waals surface area contributed by atoms with Crippen LogP contribution in [0.25, 0.3) is 5.70 Å². The maximum atomic E-state index is 12.7. The molecule has 1 heterocycles. The molecule has 2 nitrogen and oxygen atoms in total. The van der Waals surface area contributed by atoms with E-state index in [-0.39, 0.29) is 9.83 Å². The van der Waals surface area contributed by atoms with Crippen LogP contribution in [0, 0.1) is 0 Å². The Morgan fingerprint density at radius 2 is 2.11 bits per heavy atom. The zero-order valence-corrected chi connectivity index (χ0v) is 12.7. The van der Waals surface area contributed by atoms with Gasteiger partial charge in [0.25, 0.3) is 6.43 Å². The van der Waals surface area contributed by atoms with Crippen molar-refractivity contribution >= 4 is 45.8 Å². The fourth-order valence-electron chi connectivity index (χ4n) is 1.96. The van der Waals surface area contributed by atoms with Gasteiger partial charge in [-0.25, -0.2) is 8.78 Å². The van der Waals surface area contributed by atoms with Crippen molar-refractivity contribution < 1.29 is 13.6 Å². The minimum absolute atomic E-state index is 0.293. The van der Waals surface area contributed by atoms with Crippen molar-refractivity contribution in [2.75, 3.05) is 6.54 Å². The minimum Gasteiger partial charge on any atom is -0.305 e. The summed E-state index contributed by atoms with van der Waals surface area (Å²) in [5.41, 5.74) is 1.09. The van der Waals surface area contributed by atoms with Crippen molar-refractivity contribution in [3.05, 3.63) is 40.9 Å². The molecule has 2 rings (SSSR count). The number of carbonyl (C=O) groups excluding carboxylic acids is 1. The lowest BCUT2D eigenvalue weighted by atomic mass is 10.0. The molecule has 1 aliphatic heterocycles. The first kappa shape index (κ1) is 14.7. The van der Waals surface area contributed by atoms with Gasteiger partial charge in [0.15, 0.2) is 0 Å². The van der Waals surface area contributed by atoms with Crippen molar-refractivity contribution in [3.8, 4) is 0 Å². The molecule has 0 aliphatic carbocycles. The van der Waals surface area contributed by atoms with Gasteiger partial charge in [0.1, 0.15) is 0 Å². The van der Waals surface area contributed by atoms with Gasteiger partial charge in [-0.15, -0.1) is 0 Å². The number of halogens is 4. The van der Waals surface area contributed by atoms with Gasteiger partial charge in [-0.3, -0.25) is 4.79 Å². The maximum Gasteiger partial charge on any atom is 0.256 e. The number of nitrogens with zero attached hydrogens (tertiary/aromatic N) is 1.